The standard InChI is InChI=1S/C13H16O2S/c1-12-6-2-3-10(14)13(12,15)7-4-9-5-8-16-11(9)12/h5,8,15H,2-4,6-7H2,1H3/t12-,13+/m1/s1. The van der Waals surface area contributed by atoms with E-state index in [4.69, 9.17) is 0 Å². The number of aliphatic hydroxyl groups is 1. The highest BCUT2D eigenvalue weighted by Crippen LogP contribution is 2.52. The molecule has 0 unspecified atom stereocenters. The molecular weight excluding hydrogens is 220 g/mol. The van der Waals surface area contributed by atoms with Crippen LogP contribution in [0.3, 0.4) is 0 Å². The molecule has 86 valence electrons. The molecular formula is C13H16O2S. The van der Waals surface area contributed by atoms with Crippen molar-refractivity contribution < 1.29 is 9.90 Å². The van der Waals surface area contributed by atoms with Crippen molar-refractivity contribution in [1.29, 1.82) is 0 Å². The molecule has 0 saturated heterocycles. The van der Waals surface area contributed by atoms with Crippen molar-refractivity contribution in [3.8, 4) is 0 Å². The average molecular weight is 236 g/mol. The number of hydrogen-bond donors (Lipinski definition) is 1. The van der Waals surface area contributed by atoms with E-state index in [9.17, 15) is 9.90 Å². The third-order valence-electron chi connectivity index (χ3n) is 4.46. The third kappa shape index (κ3) is 1.08. The first-order valence-corrected chi connectivity index (χ1v) is 6.78. The smallest absolute Gasteiger partial charge is 0.165 e. The largest absolute Gasteiger partial charge is 0.381 e. The summed E-state index contributed by atoms with van der Waals surface area (Å²) in [6, 6.07) is 2.14. The van der Waals surface area contributed by atoms with Gasteiger partial charge in [0.2, 0.25) is 0 Å². The van der Waals surface area contributed by atoms with Gasteiger partial charge in [-0.1, -0.05) is 6.92 Å². The Labute approximate surface area is 99.3 Å². The van der Waals surface area contributed by atoms with Crippen LogP contribution in [0.1, 0.15) is 43.0 Å². The topological polar surface area (TPSA) is 37.3 Å². The number of thiophene rings is 1. The molecule has 16 heavy (non-hydrogen) atoms. The molecule has 3 rings (SSSR count). The molecule has 0 radical (unpaired) electrons. The highest BCUT2D eigenvalue weighted by atomic mass is 32.1. The van der Waals surface area contributed by atoms with Crippen molar-refractivity contribution in [2.45, 2.75) is 50.0 Å². The molecule has 2 nitrogen and oxygen atoms in total. The van der Waals surface area contributed by atoms with E-state index >= 15 is 0 Å². The molecule has 0 bridgehead atoms. The van der Waals surface area contributed by atoms with Crippen LogP contribution in [-0.4, -0.2) is 16.5 Å². The van der Waals surface area contributed by atoms with Gasteiger partial charge in [-0.05, 0) is 42.7 Å². The lowest BCUT2D eigenvalue weighted by Crippen LogP contribution is -2.59. The van der Waals surface area contributed by atoms with E-state index in [-0.39, 0.29) is 11.2 Å². The summed E-state index contributed by atoms with van der Waals surface area (Å²) in [5.74, 6) is 0.0558. The van der Waals surface area contributed by atoms with Crippen molar-refractivity contribution in [3.63, 3.8) is 0 Å². The van der Waals surface area contributed by atoms with Crippen LogP contribution >= 0.6 is 11.3 Å². The van der Waals surface area contributed by atoms with Gasteiger partial charge in [-0.25, -0.2) is 0 Å². The van der Waals surface area contributed by atoms with E-state index in [0.29, 0.717) is 12.8 Å². The SMILES string of the molecule is C[C@]12CCCC(=O)[C@@]1(O)CCc1ccsc12. The minimum Gasteiger partial charge on any atom is -0.381 e. The van der Waals surface area contributed by atoms with Gasteiger partial charge in [0.05, 0.1) is 0 Å². The monoisotopic (exact) mass is 236 g/mol. The number of carbonyl (C=O) groups is 1. The Hall–Kier alpha value is -0.670. The number of rotatable bonds is 0. The Kier molecular flexibility index (Phi) is 2.08. The molecule has 0 amide bonds. The first-order valence-electron chi connectivity index (χ1n) is 5.90. The number of ketones is 1. The van der Waals surface area contributed by atoms with E-state index in [2.05, 4.69) is 18.4 Å². The fourth-order valence-electron chi connectivity index (χ4n) is 3.37. The van der Waals surface area contributed by atoms with Gasteiger partial charge < -0.3 is 5.11 Å². The molecule has 2 aliphatic carbocycles. The van der Waals surface area contributed by atoms with Crippen LogP contribution in [0.2, 0.25) is 0 Å². The average Bonchev–Trinajstić information content (AvgIpc) is 2.71. The maximum Gasteiger partial charge on any atom is 0.165 e. The second kappa shape index (κ2) is 3.17. The van der Waals surface area contributed by atoms with E-state index in [1.54, 1.807) is 11.3 Å². The summed E-state index contributed by atoms with van der Waals surface area (Å²) in [5.41, 5.74) is -0.0837. The van der Waals surface area contributed by atoms with Crippen LogP contribution in [0.4, 0.5) is 0 Å². The Morgan fingerprint density at radius 2 is 2.19 bits per heavy atom. The van der Waals surface area contributed by atoms with Gasteiger partial charge in [-0.3, -0.25) is 4.79 Å². The first-order chi connectivity index (χ1) is 7.58. The molecule has 1 N–H and O–H groups in total. The minimum atomic E-state index is -1.09. The van der Waals surface area contributed by atoms with Gasteiger partial charge in [-0.15, -0.1) is 11.3 Å². The first kappa shape index (κ1) is 10.5. The fourth-order valence-corrected chi connectivity index (χ4v) is 4.59. The summed E-state index contributed by atoms with van der Waals surface area (Å²) in [4.78, 5) is 13.3. The predicted octanol–water partition coefficient (Wildman–Crippen LogP) is 2.44. The summed E-state index contributed by atoms with van der Waals surface area (Å²) in [7, 11) is 0. The summed E-state index contributed by atoms with van der Waals surface area (Å²) in [5, 5.41) is 12.8. The molecule has 1 fully saturated rings. The van der Waals surface area contributed by atoms with E-state index in [1.807, 2.05) is 0 Å². The zero-order valence-corrected chi connectivity index (χ0v) is 10.3. The summed E-state index contributed by atoms with van der Waals surface area (Å²) in [6.07, 6.45) is 3.84. The highest BCUT2D eigenvalue weighted by molar-refractivity contribution is 7.10. The molecule has 1 aromatic rings. The van der Waals surface area contributed by atoms with Crippen LogP contribution in [0.25, 0.3) is 0 Å². The molecule has 2 aliphatic rings. The predicted molar refractivity (Wildman–Crippen MR) is 63.8 cm³/mol. The summed E-state index contributed by atoms with van der Waals surface area (Å²) < 4.78 is 0. The van der Waals surface area contributed by atoms with Gasteiger partial charge in [0.25, 0.3) is 0 Å². The van der Waals surface area contributed by atoms with Gasteiger partial charge >= 0.3 is 0 Å². The van der Waals surface area contributed by atoms with E-state index in [0.717, 1.165) is 19.3 Å². The van der Waals surface area contributed by atoms with Crippen molar-refractivity contribution >= 4 is 17.1 Å². The van der Waals surface area contributed by atoms with Crippen molar-refractivity contribution in [2.24, 2.45) is 0 Å². The van der Waals surface area contributed by atoms with Crippen molar-refractivity contribution in [2.75, 3.05) is 0 Å². The van der Waals surface area contributed by atoms with Gasteiger partial charge in [0.15, 0.2) is 5.78 Å². The minimum absolute atomic E-state index is 0.0558. The molecule has 1 heterocycles. The number of carbonyl (C=O) groups excluding carboxylic acids is 1. The molecule has 0 aliphatic heterocycles. The maximum absolute atomic E-state index is 12.0. The van der Waals surface area contributed by atoms with E-state index < -0.39 is 5.60 Å². The van der Waals surface area contributed by atoms with Crippen molar-refractivity contribution in [1.82, 2.24) is 0 Å². The van der Waals surface area contributed by atoms with Crippen molar-refractivity contribution in [3.05, 3.63) is 21.9 Å². The number of Topliss-reactive ketones (excluding diaryl/α,β-unsaturated/α-hetero) is 1. The molecule has 2 atom stereocenters. The highest BCUT2D eigenvalue weighted by Gasteiger charge is 2.57. The Bertz CT molecular complexity index is 451. The van der Waals surface area contributed by atoms with Crippen LogP contribution in [-0.2, 0) is 16.6 Å². The number of aryl methyl sites for hydroxylation is 1. The maximum atomic E-state index is 12.0. The lowest BCUT2D eigenvalue weighted by atomic mass is 9.58. The van der Waals surface area contributed by atoms with Gasteiger partial charge in [0.1, 0.15) is 5.60 Å². The Morgan fingerprint density at radius 3 is 3.00 bits per heavy atom. The zero-order chi connectivity index (χ0) is 11.4. The normalized spacial score (nSPS) is 38.0. The number of hydrogen-bond acceptors (Lipinski definition) is 3. The second-order valence-corrected chi connectivity index (χ2v) is 6.16. The van der Waals surface area contributed by atoms with Crippen LogP contribution in [0.5, 0.6) is 0 Å². The Balaban J connectivity index is 2.19. The van der Waals surface area contributed by atoms with Crippen LogP contribution in [0, 0.1) is 0 Å². The van der Waals surface area contributed by atoms with Gasteiger partial charge in [-0.2, -0.15) is 0 Å². The summed E-state index contributed by atoms with van der Waals surface area (Å²) >= 11 is 1.70. The molecule has 1 saturated carbocycles. The molecule has 0 aromatic carbocycles. The second-order valence-electron chi connectivity index (χ2n) is 5.24. The molecule has 0 spiro atoms. The third-order valence-corrected chi connectivity index (χ3v) is 5.68. The zero-order valence-electron chi connectivity index (χ0n) is 9.45. The lowest BCUT2D eigenvalue weighted by Gasteiger charge is -2.50. The number of fused-ring (bicyclic) bond motifs is 3. The van der Waals surface area contributed by atoms with Gasteiger partial charge in [0, 0.05) is 16.7 Å². The van der Waals surface area contributed by atoms with Crippen LogP contribution in [0.15, 0.2) is 11.4 Å². The fraction of sp³-hybridized carbons (Fsp3) is 0.615. The molecule has 3 heteroatoms. The van der Waals surface area contributed by atoms with E-state index in [1.165, 1.54) is 10.4 Å². The molecule has 1 aromatic heterocycles. The van der Waals surface area contributed by atoms with Crippen LogP contribution < -0.4 is 0 Å². The summed E-state index contributed by atoms with van der Waals surface area (Å²) in [6.45, 7) is 2.07. The lowest BCUT2D eigenvalue weighted by molar-refractivity contribution is -0.152. The Morgan fingerprint density at radius 1 is 1.38 bits per heavy atom. The quantitative estimate of drug-likeness (QED) is 0.751.